The minimum Gasteiger partial charge on any atom is -0.383 e. The number of hydrogen-bond donors (Lipinski definition) is 0. The number of carbonyl (C=O) groups is 1. The Hall–Kier alpha value is -1.56. The van der Waals surface area contributed by atoms with Crippen LogP contribution in [0.3, 0.4) is 0 Å². The van der Waals surface area contributed by atoms with Gasteiger partial charge in [-0.3, -0.25) is 4.79 Å². The zero-order valence-electron chi connectivity index (χ0n) is 17.9. The molecule has 5 nitrogen and oxygen atoms in total. The summed E-state index contributed by atoms with van der Waals surface area (Å²) in [6, 6.07) is 7.09. The molecule has 0 spiro atoms. The van der Waals surface area contributed by atoms with Crippen molar-refractivity contribution >= 4 is 16.0 Å². The standard InChI is InChI=1S/C22H37NO4S/c1-5-7-8-9-10-11-12-16-22(24)23(19(3)6-2)18-20-14-13-15-21(17-20)27-28(4,25)26/h13-15,17,19H,5-12,16,18H2,1-4H3. The van der Waals surface area contributed by atoms with Gasteiger partial charge in [-0.05, 0) is 37.5 Å². The number of benzene rings is 1. The lowest BCUT2D eigenvalue weighted by atomic mass is 10.1. The van der Waals surface area contributed by atoms with Crippen molar-refractivity contribution in [1.29, 1.82) is 0 Å². The lowest BCUT2D eigenvalue weighted by Crippen LogP contribution is -2.37. The van der Waals surface area contributed by atoms with Crippen LogP contribution < -0.4 is 4.18 Å². The predicted octanol–water partition coefficient (Wildman–Crippen LogP) is 5.29. The Balaban J connectivity index is 2.63. The van der Waals surface area contributed by atoms with Gasteiger partial charge in [0.2, 0.25) is 5.91 Å². The molecule has 160 valence electrons. The third-order valence-electron chi connectivity index (χ3n) is 4.94. The van der Waals surface area contributed by atoms with Gasteiger partial charge in [0.1, 0.15) is 5.75 Å². The van der Waals surface area contributed by atoms with Crippen LogP contribution in [0.1, 0.15) is 84.1 Å². The van der Waals surface area contributed by atoms with Crippen LogP contribution in [-0.4, -0.2) is 31.5 Å². The summed E-state index contributed by atoms with van der Waals surface area (Å²) in [4.78, 5) is 14.7. The fourth-order valence-electron chi connectivity index (χ4n) is 3.15. The molecular formula is C22H37NO4S. The first-order chi connectivity index (χ1) is 13.3. The summed E-state index contributed by atoms with van der Waals surface area (Å²) >= 11 is 0. The highest BCUT2D eigenvalue weighted by Gasteiger charge is 2.19. The average Bonchev–Trinajstić information content (AvgIpc) is 2.63. The van der Waals surface area contributed by atoms with Crippen molar-refractivity contribution in [3.63, 3.8) is 0 Å². The van der Waals surface area contributed by atoms with E-state index in [0.717, 1.165) is 31.1 Å². The average molecular weight is 412 g/mol. The smallest absolute Gasteiger partial charge is 0.306 e. The van der Waals surface area contributed by atoms with Crippen LogP contribution in [0.15, 0.2) is 24.3 Å². The highest BCUT2D eigenvalue weighted by Crippen LogP contribution is 2.19. The lowest BCUT2D eigenvalue weighted by Gasteiger charge is -2.29. The van der Waals surface area contributed by atoms with Crippen molar-refractivity contribution in [3.8, 4) is 5.75 Å². The Bertz CT molecular complexity index is 688. The van der Waals surface area contributed by atoms with Crippen LogP contribution in [0.5, 0.6) is 5.75 Å². The molecule has 0 saturated heterocycles. The Labute approximate surface area is 171 Å². The van der Waals surface area contributed by atoms with Gasteiger partial charge in [0.05, 0.1) is 6.26 Å². The van der Waals surface area contributed by atoms with Gasteiger partial charge in [-0.1, -0.05) is 64.5 Å². The molecule has 0 radical (unpaired) electrons. The van der Waals surface area contributed by atoms with E-state index >= 15 is 0 Å². The summed E-state index contributed by atoms with van der Waals surface area (Å²) in [5.41, 5.74) is 0.870. The number of amides is 1. The molecule has 28 heavy (non-hydrogen) atoms. The van der Waals surface area contributed by atoms with Crippen LogP contribution in [0, 0.1) is 0 Å². The predicted molar refractivity (Wildman–Crippen MR) is 115 cm³/mol. The van der Waals surface area contributed by atoms with E-state index in [4.69, 9.17) is 4.18 Å². The minimum atomic E-state index is -3.56. The maximum Gasteiger partial charge on any atom is 0.306 e. The monoisotopic (exact) mass is 411 g/mol. The van der Waals surface area contributed by atoms with E-state index in [2.05, 4.69) is 20.8 Å². The molecule has 0 aromatic heterocycles. The van der Waals surface area contributed by atoms with Gasteiger partial charge in [-0.2, -0.15) is 8.42 Å². The highest BCUT2D eigenvalue weighted by molar-refractivity contribution is 7.86. The molecule has 0 heterocycles. The highest BCUT2D eigenvalue weighted by atomic mass is 32.2. The van der Waals surface area contributed by atoms with Crippen molar-refractivity contribution in [2.24, 2.45) is 0 Å². The van der Waals surface area contributed by atoms with E-state index in [1.807, 2.05) is 11.0 Å². The van der Waals surface area contributed by atoms with E-state index in [1.165, 1.54) is 32.1 Å². The van der Waals surface area contributed by atoms with Gasteiger partial charge in [0.25, 0.3) is 0 Å². The van der Waals surface area contributed by atoms with E-state index in [1.54, 1.807) is 18.2 Å². The van der Waals surface area contributed by atoms with Crippen LogP contribution in [-0.2, 0) is 21.5 Å². The molecule has 1 atom stereocenters. The van der Waals surface area contributed by atoms with Crippen LogP contribution in [0.4, 0.5) is 0 Å². The van der Waals surface area contributed by atoms with Gasteiger partial charge >= 0.3 is 10.1 Å². The van der Waals surface area contributed by atoms with E-state index in [9.17, 15) is 13.2 Å². The molecule has 0 bridgehead atoms. The molecule has 0 N–H and O–H groups in total. The summed E-state index contributed by atoms with van der Waals surface area (Å²) in [7, 11) is -3.56. The largest absolute Gasteiger partial charge is 0.383 e. The maximum absolute atomic E-state index is 12.8. The molecule has 0 aliphatic carbocycles. The molecule has 0 saturated carbocycles. The zero-order chi connectivity index (χ0) is 21.0. The Morgan fingerprint density at radius 2 is 1.71 bits per heavy atom. The number of rotatable bonds is 14. The SMILES string of the molecule is CCCCCCCCCC(=O)N(Cc1cccc(OS(C)(=O)=O)c1)C(C)CC. The van der Waals surface area contributed by atoms with Crippen LogP contribution >= 0.6 is 0 Å². The van der Waals surface area contributed by atoms with E-state index in [0.29, 0.717) is 13.0 Å². The molecular weight excluding hydrogens is 374 g/mol. The van der Waals surface area contributed by atoms with E-state index < -0.39 is 10.1 Å². The maximum atomic E-state index is 12.8. The molecule has 0 aliphatic heterocycles. The van der Waals surface area contributed by atoms with Gasteiger partial charge < -0.3 is 9.08 Å². The fraction of sp³-hybridized carbons (Fsp3) is 0.682. The Morgan fingerprint density at radius 3 is 2.32 bits per heavy atom. The van der Waals surface area contributed by atoms with Gasteiger partial charge in [-0.25, -0.2) is 0 Å². The van der Waals surface area contributed by atoms with Gasteiger partial charge in [0, 0.05) is 19.0 Å². The van der Waals surface area contributed by atoms with Crippen molar-refractivity contribution in [3.05, 3.63) is 29.8 Å². The van der Waals surface area contributed by atoms with Crippen molar-refractivity contribution in [2.75, 3.05) is 6.26 Å². The first-order valence-corrected chi connectivity index (χ1v) is 12.4. The summed E-state index contributed by atoms with van der Waals surface area (Å²) in [6.07, 6.45) is 10.8. The summed E-state index contributed by atoms with van der Waals surface area (Å²) in [6.45, 7) is 6.80. The molecule has 1 unspecified atom stereocenters. The molecule has 1 rings (SSSR count). The molecule has 1 amide bonds. The molecule has 0 fully saturated rings. The van der Waals surface area contributed by atoms with Gasteiger partial charge in [-0.15, -0.1) is 0 Å². The van der Waals surface area contributed by atoms with E-state index in [-0.39, 0.29) is 17.7 Å². The lowest BCUT2D eigenvalue weighted by molar-refractivity contribution is -0.134. The molecule has 0 aliphatic rings. The molecule has 1 aromatic carbocycles. The second kappa shape index (κ2) is 12.8. The zero-order valence-corrected chi connectivity index (χ0v) is 18.8. The number of hydrogen-bond acceptors (Lipinski definition) is 4. The van der Waals surface area contributed by atoms with Crippen molar-refractivity contribution in [2.45, 2.75) is 91.1 Å². The first kappa shape index (κ1) is 24.5. The minimum absolute atomic E-state index is 0.136. The topological polar surface area (TPSA) is 63.7 Å². The first-order valence-electron chi connectivity index (χ1n) is 10.5. The van der Waals surface area contributed by atoms with Crippen LogP contribution in [0.25, 0.3) is 0 Å². The number of carbonyl (C=O) groups excluding carboxylic acids is 1. The second-order valence-electron chi connectivity index (χ2n) is 7.59. The number of nitrogens with zero attached hydrogens (tertiary/aromatic N) is 1. The van der Waals surface area contributed by atoms with Crippen LogP contribution in [0.2, 0.25) is 0 Å². The Morgan fingerprint density at radius 1 is 1.07 bits per heavy atom. The van der Waals surface area contributed by atoms with Crippen molar-refractivity contribution < 1.29 is 17.4 Å². The summed E-state index contributed by atoms with van der Waals surface area (Å²) < 4.78 is 27.6. The molecule has 6 heteroatoms. The summed E-state index contributed by atoms with van der Waals surface area (Å²) in [5.74, 6) is 0.445. The number of unbranched alkanes of at least 4 members (excludes halogenated alkanes) is 6. The van der Waals surface area contributed by atoms with Crippen molar-refractivity contribution in [1.82, 2.24) is 4.90 Å². The third-order valence-corrected chi connectivity index (χ3v) is 5.43. The van der Waals surface area contributed by atoms with Gasteiger partial charge in [0.15, 0.2) is 0 Å². The quantitative estimate of drug-likeness (QED) is 0.308. The second-order valence-corrected chi connectivity index (χ2v) is 9.16. The molecule has 1 aromatic rings. The third kappa shape index (κ3) is 10.1. The fourth-order valence-corrected chi connectivity index (χ4v) is 3.61. The normalized spacial score (nSPS) is 12.6. The summed E-state index contributed by atoms with van der Waals surface area (Å²) in [5, 5.41) is 0. The Kier molecular flexibility index (Phi) is 11.2.